The van der Waals surface area contributed by atoms with Gasteiger partial charge in [-0.3, -0.25) is 4.79 Å². The molecule has 0 aromatic carbocycles. The zero-order valence-corrected chi connectivity index (χ0v) is 8.79. The largest absolute Gasteiger partial charge is 0.376 e. The lowest BCUT2D eigenvalue weighted by molar-refractivity contribution is -0.122. The summed E-state index contributed by atoms with van der Waals surface area (Å²) in [6.45, 7) is 3.28. The Labute approximate surface area is 85.2 Å². The highest BCUT2D eigenvalue weighted by atomic mass is 16.5. The van der Waals surface area contributed by atoms with Gasteiger partial charge in [-0.05, 0) is 32.2 Å². The summed E-state index contributed by atoms with van der Waals surface area (Å²) in [5.74, 6) is -0.322. The maximum absolute atomic E-state index is 11.0. The Balaban J connectivity index is 2.16. The summed E-state index contributed by atoms with van der Waals surface area (Å²) in [6, 6.07) is -0.324. The lowest BCUT2D eigenvalue weighted by Gasteiger charge is -2.27. The molecule has 1 aliphatic carbocycles. The van der Waals surface area contributed by atoms with E-state index in [1.165, 1.54) is 6.42 Å². The van der Waals surface area contributed by atoms with E-state index in [4.69, 9.17) is 10.5 Å². The smallest absolute Gasteiger partial charge is 0.236 e. The molecule has 82 valence electrons. The van der Waals surface area contributed by atoms with Crippen LogP contribution in [0.4, 0.5) is 0 Å². The van der Waals surface area contributed by atoms with Crippen LogP contribution in [0.5, 0.6) is 0 Å². The van der Waals surface area contributed by atoms with Crippen LogP contribution >= 0.6 is 0 Å². The molecule has 0 heterocycles. The van der Waals surface area contributed by atoms with E-state index < -0.39 is 0 Å². The Bertz CT molecular complexity index is 181. The molecule has 1 atom stereocenters. The van der Waals surface area contributed by atoms with Gasteiger partial charge < -0.3 is 15.8 Å². The number of primary amides is 1. The first-order valence-corrected chi connectivity index (χ1v) is 5.38. The van der Waals surface area contributed by atoms with Gasteiger partial charge in [0.2, 0.25) is 5.91 Å². The maximum Gasteiger partial charge on any atom is 0.236 e. The molecule has 14 heavy (non-hydrogen) atoms. The number of hydrogen-bond acceptors (Lipinski definition) is 3. The number of carbonyl (C=O) groups excluding carboxylic acids is 1. The van der Waals surface area contributed by atoms with Crippen molar-refractivity contribution in [1.29, 1.82) is 0 Å². The zero-order chi connectivity index (χ0) is 10.4. The topological polar surface area (TPSA) is 64.3 Å². The van der Waals surface area contributed by atoms with Gasteiger partial charge >= 0.3 is 0 Å². The summed E-state index contributed by atoms with van der Waals surface area (Å²) >= 11 is 0. The van der Waals surface area contributed by atoms with E-state index in [0.29, 0.717) is 12.7 Å². The van der Waals surface area contributed by atoms with Gasteiger partial charge in [0.05, 0.1) is 12.7 Å². The first-order chi connectivity index (χ1) is 6.74. The van der Waals surface area contributed by atoms with Crippen molar-refractivity contribution in [2.45, 2.75) is 44.8 Å². The second-order valence-electron chi connectivity index (χ2n) is 3.80. The van der Waals surface area contributed by atoms with Gasteiger partial charge in [-0.25, -0.2) is 0 Å². The van der Waals surface area contributed by atoms with Crippen LogP contribution in [0.25, 0.3) is 0 Å². The van der Waals surface area contributed by atoms with Crippen LogP contribution in [-0.2, 0) is 9.53 Å². The Hall–Kier alpha value is -0.610. The summed E-state index contributed by atoms with van der Waals surface area (Å²) < 4.78 is 5.54. The number of rotatable bonds is 7. The van der Waals surface area contributed by atoms with E-state index in [1.54, 1.807) is 0 Å². The summed E-state index contributed by atoms with van der Waals surface area (Å²) in [5, 5.41) is 3.07. The molecule has 1 unspecified atom stereocenters. The average molecular weight is 200 g/mol. The number of carbonyl (C=O) groups is 1. The van der Waals surface area contributed by atoms with Crippen molar-refractivity contribution in [3.8, 4) is 0 Å². The van der Waals surface area contributed by atoms with Gasteiger partial charge in [0.25, 0.3) is 0 Å². The molecule has 0 saturated heterocycles. The lowest BCUT2D eigenvalue weighted by Crippen LogP contribution is -2.46. The number of amides is 1. The fourth-order valence-electron chi connectivity index (χ4n) is 1.33. The predicted octanol–water partition coefficient (Wildman–Crippen LogP) is 0.409. The van der Waals surface area contributed by atoms with Crippen LogP contribution in [0, 0.1) is 0 Å². The van der Waals surface area contributed by atoms with Crippen LogP contribution in [0.1, 0.15) is 32.6 Å². The molecule has 4 heteroatoms. The molecule has 1 saturated carbocycles. The summed E-state index contributed by atoms with van der Waals surface area (Å²) in [5.41, 5.74) is 5.24. The molecule has 1 fully saturated rings. The van der Waals surface area contributed by atoms with Crippen molar-refractivity contribution < 1.29 is 9.53 Å². The highest BCUT2D eigenvalue weighted by Gasteiger charge is 2.21. The molecule has 0 aromatic heterocycles. The minimum atomic E-state index is -0.324. The first-order valence-electron chi connectivity index (χ1n) is 5.38. The second kappa shape index (κ2) is 5.98. The standard InChI is InChI=1S/C10H20N2O2/c1-2-6-12-9(10(11)13)7-14-8-4-3-5-8/h8-9,12H,2-7H2,1H3,(H2,11,13). The van der Waals surface area contributed by atoms with Crippen LogP contribution in [0.3, 0.4) is 0 Å². The molecule has 3 N–H and O–H groups in total. The van der Waals surface area contributed by atoms with E-state index in [2.05, 4.69) is 12.2 Å². The quantitative estimate of drug-likeness (QED) is 0.625. The normalized spacial score (nSPS) is 18.9. The minimum Gasteiger partial charge on any atom is -0.376 e. The second-order valence-corrected chi connectivity index (χ2v) is 3.80. The Kier molecular flexibility index (Phi) is 4.90. The first kappa shape index (κ1) is 11.5. The van der Waals surface area contributed by atoms with Crippen LogP contribution in [0.2, 0.25) is 0 Å². The molecular formula is C10H20N2O2. The minimum absolute atomic E-state index is 0.322. The van der Waals surface area contributed by atoms with Gasteiger partial charge in [0, 0.05) is 0 Å². The van der Waals surface area contributed by atoms with Crippen LogP contribution < -0.4 is 11.1 Å². The van der Waals surface area contributed by atoms with Crippen molar-refractivity contribution in [2.75, 3.05) is 13.2 Å². The SMILES string of the molecule is CCCNC(COC1CCC1)C(N)=O. The van der Waals surface area contributed by atoms with Crippen molar-refractivity contribution in [3.63, 3.8) is 0 Å². The molecule has 0 bridgehead atoms. The molecule has 0 aliphatic heterocycles. The molecule has 1 aliphatic rings. The van der Waals surface area contributed by atoms with Gasteiger partial charge in [0.15, 0.2) is 0 Å². The van der Waals surface area contributed by atoms with Crippen molar-refractivity contribution in [3.05, 3.63) is 0 Å². The summed E-state index contributed by atoms with van der Waals surface area (Å²) in [6.07, 6.45) is 4.85. The van der Waals surface area contributed by atoms with E-state index in [-0.39, 0.29) is 11.9 Å². The molecular weight excluding hydrogens is 180 g/mol. The number of nitrogens with two attached hydrogens (primary N) is 1. The Morgan fingerprint density at radius 1 is 1.64 bits per heavy atom. The summed E-state index contributed by atoms with van der Waals surface area (Å²) in [7, 11) is 0. The van der Waals surface area contributed by atoms with Crippen molar-refractivity contribution >= 4 is 5.91 Å². The number of hydrogen-bond donors (Lipinski definition) is 2. The molecule has 0 radical (unpaired) electrons. The molecule has 1 rings (SSSR count). The Morgan fingerprint density at radius 2 is 2.36 bits per heavy atom. The third-order valence-corrected chi connectivity index (χ3v) is 2.53. The fourth-order valence-corrected chi connectivity index (χ4v) is 1.33. The fraction of sp³-hybridized carbons (Fsp3) is 0.900. The zero-order valence-electron chi connectivity index (χ0n) is 8.79. The van der Waals surface area contributed by atoms with Crippen LogP contribution in [0.15, 0.2) is 0 Å². The molecule has 4 nitrogen and oxygen atoms in total. The van der Waals surface area contributed by atoms with E-state index in [0.717, 1.165) is 25.8 Å². The maximum atomic E-state index is 11.0. The van der Waals surface area contributed by atoms with Crippen LogP contribution in [-0.4, -0.2) is 31.2 Å². The van der Waals surface area contributed by atoms with Crippen molar-refractivity contribution in [2.24, 2.45) is 5.73 Å². The van der Waals surface area contributed by atoms with E-state index in [9.17, 15) is 4.79 Å². The highest BCUT2D eigenvalue weighted by molar-refractivity contribution is 5.79. The monoisotopic (exact) mass is 200 g/mol. The molecule has 0 aromatic rings. The third kappa shape index (κ3) is 3.64. The van der Waals surface area contributed by atoms with Gasteiger partial charge in [-0.15, -0.1) is 0 Å². The average Bonchev–Trinajstić information content (AvgIpc) is 2.07. The Morgan fingerprint density at radius 3 is 2.79 bits per heavy atom. The van der Waals surface area contributed by atoms with Crippen molar-refractivity contribution in [1.82, 2.24) is 5.32 Å². The van der Waals surface area contributed by atoms with Gasteiger partial charge in [-0.2, -0.15) is 0 Å². The molecule has 0 spiro atoms. The van der Waals surface area contributed by atoms with Gasteiger partial charge in [-0.1, -0.05) is 6.92 Å². The number of nitrogens with one attached hydrogen (secondary N) is 1. The van der Waals surface area contributed by atoms with E-state index >= 15 is 0 Å². The summed E-state index contributed by atoms with van der Waals surface area (Å²) in [4.78, 5) is 11.0. The lowest BCUT2D eigenvalue weighted by atomic mass is 9.96. The third-order valence-electron chi connectivity index (χ3n) is 2.53. The predicted molar refractivity (Wildman–Crippen MR) is 54.9 cm³/mol. The van der Waals surface area contributed by atoms with E-state index in [1.807, 2.05) is 0 Å². The molecule has 1 amide bonds. The number of ether oxygens (including phenoxy) is 1. The van der Waals surface area contributed by atoms with Gasteiger partial charge in [0.1, 0.15) is 6.04 Å². The highest BCUT2D eigenvalue weighted by Crippen LogP contribution is 2.21.